The minimum atomic E-state index is -1.24. The largest absolute Gasteiger partial charge is 0.475 e. The molecule has 1 heterocycles. The fourth-order valence-electron chi connectivity index (χ4n) is 1.62. The number of carboxylic acid groups (broad SMARTS) is 1. The van der Waals surface area contributed by atoms with Gasteiger partial charge in [-0.3, -0.25) is 0 Å². The molecule has 1 aromatic carbocycles. The lowest BCUT2D eigenvalue weighted by Crippen LogP contribution is -2.07. The zero-order chi connectivity index (χ0) is 14.2. The molecule has 19 heavy (non-hydrogen) atoms. The Morgan fingerprint density at radius 2 is 2.16 bits per heavy atom. The molecule has 0 fully saturated rings. The molecular weight excluding hydrogens is 317 g/mol. The Hall–Kier alpha value is -1.76. The summed E-state index contributed by atoms with van der Waals surface area (Å²) in [4.78, 5) is 14.8. The van der Waals surface area contributed by atoms with E-state index in [4.69, 9.17) is 5.11 Å². The maximum atomic E-state index is 13.9. The van der Waals surface area contributed by atoms with Crippen molar-refractivity contribution < 1.29 is 14.3 Å². The maximum Gasteiger partial charge on any atom is 0.375 e. The SMILES string of the molecule is CC(C)c1nc(C(=O)O)nn1-c1ccc(Br)cc1F. The van der Waals surface area contributed by atoms with Crippen molar-refractivity contribution in [1.29, 1.82) is 0 Å². The van der Waals surface area contributed by atoms with Crippen LogP contribution in [0.4, 0.5) is 4.39 Å². The van der Waals surface area contributed by atoms with Gasteiger partial charge in [-0.05, 0) is 18.2 Å². The molecule has 0 aliphatic rings. The van der Waals surface area contributed by atoms with E-state index in [9.17, 15) is 9.18 Å². The smallest absolute Gasteiger partial charge is 0.375 e. The van der Waals surface area contributed by atoms with Crippen molar-refractivity contribution in [1.82, 2.24) is 14.8 Å². The first-order valence-electron chi connectivity index (χ1n) is 5.56. The number of hydrogen-bond donors (Lipinski definition) is 1. The van der Waals surface area contributed by atoms with Crippen LogP contribution in [0, 0.1) is 5.82 Å². The number of aromatic carboxylic acids is 1. The molecule has 0 saturated heterocycles. The number of halogens is 2. The fraction of sp³-hybridized carbons (Fsp3) is 0.250. The van der Waals surface area contributed by atoms with E-state index in [1.54, 1.807) is 6.07 Å². The van der Waals surface area contributed by atoms with Crippen molar-refractivity contribution in [3.8, 4) is 5.69 Å². The molecular formula is C12H11BrFN3O2. The first-order chi connectivity index (χ1) is 8.90. The zero-order valence-electron chi connectivity index (χ0n) is 10.3. The molecule has 1 aromatic heterocycles. The normalized spacial score (nSPS) is 11.0. The fourth-order valence-corrected chi connectivity index (χ4v) is 1.95. The lowest BCUT2D eigenvalue weighted by molar-refractivity contribution is 0.0683. The van der Waals surface area contributed by atoms with Gasteiger partial charge in [-0.2, -0.15) is 0 Å². The summed E-state index contributed by atoms with van der Waals surface area (Å²) in [6, 6.07) is 4.47. The van der Waals surface area contributed by atoms with Crippen LogP contribution in [0.25, 0.3) is 5.69 Å². The molecule has 2 rings (SSSR count). The number of rotatable bonds is 3. The third kappa shape index (κ3) is 2.65. The Balaban J connectivity index is 2.63. The van der Waals surface area contributed by atoms with Gasteiger partial charge in [0.05, 0.1) is 0 Å². The van der Waals surface area contributed by atoms with E-state index >= 15 is 0 Å². The van der Waals surface area contributed by atoms with Gasteiger partial charge in [0.2, 0.25) is 0 Å². The monoisotopic (exact) mass is 327 g/mol. The van der Waals surface area contributed by atoms with Crippen LogP contribution in [0.3, 0.4) is 0 Å². The van der Waals surface area contributed by atoms with Crippen LogP contribution in [0.2, 0.25) is 0 Å². The quantitative estimate of drug-likeness (QED) is 0.940. The van der Waals surface area contributed by atoms with Crippen LogP contribution < -0.4 is 0 Å². The summed E-state index contributed by atoms with van der Waals surface area (Å²) < 4.78 is 15.8. The molecule has 100 valence electrons. The van der Waals surface area contributed by atoms with Gasteiger partial charge in [0.1, 0.15) is 17.3 Å². The maximum absolute atomic E-state index is 13.9. The molecule has 0 saturated carbocycles. The van der Waals surface area contributed by atoms with Crippen molar-refractivity contribution in [2.24, 2.45) is 0 Å². The Bertz CT molecular complexity index is 640. The van der Waals surface area contributed by atoms with E-state index in [1.807, 2.05) is 13.8 Å². The Morgan fingerprint density at radius 3 is 2.68 bits per heavy atom. The van der Waals surface area contributed by atoms with Crippen LogP contribution in [0.5, 0.6) is 0 Å². The molecule has 0 aliphatic carbocycles. The zero-order valence-corrected chi connectivity index (χ0v) is 11.8. The van der Waals surface area contributed by atoms with Crippen molar-refractivity contribution in [2.75, 3.05) is 0 Å². The standard InChI is InChI=1S/C12H11BrFN3O2/c1-6(2)11-15-10(12(18)19)16-17(11)9-4-3-7(13)5-8(9)14/h3-6H,1-2H3,(H,18,19). The number of hydrogen-bond acceptors (Lipinski definition) is 3. The molecule has 0 aliphatic heterocycles. The van der Waals surface area contributed by atoms with Crippen molar-refractivity contribution >= 4 is 21.9 Å². The summed E-state index contributed by atoms with van der Waals surface area (Å²) >= 11 is 3.17. The second-order valence-electron chi connectivity index (χ2n) is 4.26. The highest BCUT2D eigenvalue weighted by atomic mass is 79.9. The van der Waals surface area contributed by atoms with Gasteiger partial charge in [-0.15, -0.1) is 5.10 Å². The van der Waals surface area contributed by atoms with Crippen molar-refractivity contribution in [2.45, 2.75) is 19.8 Å². The van der Waals surface area contributed by atoms with E-state index in [1.165, 1.54) is 16.8 Å². The number of carboxylic acids is 1. The summed E-state index contributed by atoms with van der Waals surface area (Å²) in [5.41, 5.74) is 0.173. The third-order valence-electron chi connectivity index (χ3n) is 2.48. The van der Waals surface area contributed by atoms with Crippen LogP contribution in [-0.2, 0) is 0 Å². The van der Waals surface area contributed by atoms with Gasteiger partial charge in [-0.1, -0.05) is 29.8 Å². The van der Waals surface area contributed by atoms with E-state index in [0.29, 0.717) is 10.3 Å². The van der Waals surface area contributed by atoms with Gasteiger partial charge in [-0.25, -0.2) is 18.9 Å². The highest BCUT2D eigenvalue weighted by Gasteiger charge is 2.20. The van der Waals surface area contributed by atoms with Crippen LogP contribution >= 0.6 is 15.9 Å². The first-order valence-corrected chi connectivity index (χ1v) is 6.35. The Labute approximate surface area is 117 Å². The van der Waals surface area contributed by atoms with Crippen LogP contribution in [-0.4, -0.2) is 25.8 Å². The number of aromatic nitrogens is 3. The summed E-state index contributed by atoms with van der Waals surface area (Å²) in [7, 11) is 0. The average molecular weight is 328 g/mol. The van der Waals surface area contributed by atoms with Gasteiger partial charge in [0, 0.05) is 10.4 Å². The summed E-state index contributed by atoms with van der Waals surface area (Å²) in [5.74, 6) is -1.76. The van der Waals surface area contributed by atoms with Gasteiger partial charge in [0.15, 0.2) is 0 Å². The third-order valence-corrected chi connectivity index (χ3v) is 2.97. The minimum Gasteiger partial charge on any atom is -0.475 e. The van der Waals surface area contributed by atoms with E-state index < -0.39 is 11.8 Å². The van der Waals surface area contributed by atoms with Gasteiger partial charge >= 0.3 is 5.97 Å². The Morgan fingerprint density at radius 1 is 1.47 bits per heavy atom. The Kier molecular flexibility index (Phi) is 3.66. The van der Waals surface area contributed by atoms with Gasteiger partial charge in [0.25, 0.3) is 5.82 Å². The molecule has 0 unspecified atom stereocenters. The average Bonchev–Trinajstić information content (AvgIpc) is 2.73. The first kappa shape index (κ1) is 13.7. The number of nitrogens with zero attached hydrogens (tertiary/aromatic N) is 3. The van der Waals surface area contributed by atoms with E-state index in [0.717, 1.165) is 0 Å². The summed E-state index contributed by atoms with van der Waals surface area (Å²) in [5, 5.41) is 12.8. The molecule has 0 bridgehead atoms. The molecule has 1 N–H and O–H groups in total. The summed E-state index contributed by atoms with van der Waals surface area (Å²) in [6.45, 7) is 3.67. The predicted octanol–water partition coefficient (Wildman–Crippen LogP) is 2.99. The van der Waals surface area contributed by atoms with E-state index in [2.05, 4.69) is 26.0 Å². The topological polar surface area (TPSA) is 68.0 Å². The summed E-state index contributed by atoms with van der Waals surface area (Å²) in [6.07, 6.45) is 0. The number of benzene rings is 1. The molecule has 0 atom stereocenters. The second kappa shape index (κ2) is 5.08. The van der Waals surface area contributed by atoms with E-state index in [-0.39, 0.29) is 17.4 Å². The highest BCUT2D eigenvalue weighted by Crippen LogP contribution is 2.22. The minimum absolute atomic E-state index is 0.0800. The lowest BCUT2D eigenvalue weighted by atomic mass is 10.2. The lowest BCUT2D eigenvalue weighted by Gasteiger charge is -2.09. The molecule has 0 spiro atoms. The van der Waals surface area contributed by atoms with Gasteiger partial charge < -0.3 is 5.11 Å². The molecule has 0 radical (unpaired) electrons. The molecule has 0 amide bonds. The van der Waals surface area contributed by atoms with Crippen LogP contribution in [0.15, 0.2) is 22.7 Å². The highest BCUT2D eigenvalue weighted by molar-refractivity contribution is 9.10. The van der Waals surface area contributed by atoms with Crippen molar-refractivity contribution in [3.63, 3.8) is 0 Å². The second-order valence-corrected chi connectivity index (χ2v) is 5.18. The molecule has 5 nitrogen and oxygen atoms in total. The molecule has 7 heteroatoms. The number of carbonyl (C=O) groups is 1. The molecule has 2 aromatic rings. The van der Waals surface area contributed by atoms with Crippen LogP contribution in [0.1, 0.15) is 36.2 Å². The predicted molar refractivity (Wildman–Crippen MR) is 70.1 cm³/mol. The van der Waals surface area contributed by atoms with Crippen molar-refractivity contribution in [3.05, 3.63) is 40.1 Å².